The molecule has 0 saturated heterocycles. The minimum atomic E-state index is -0.201. The Morgan fingerprint density at radius 1 is 0.435 bits per heavy atom. The Hall–Kier alpha value is -1.06. The number of ether oxygens (including phenoxy) is 1. The first kappa shape index (κ1) is 44.9. The lowest BCUT2D eigenvalue weighted by atomic mass is 9.97. The third-order valence-electron chi connectivity index (χ3n) is 10.1. The topological polar surface area (TPSA) is 46.6 Å². The Balaban J connectivity index is 4.78. The molecule has 1 atom stereocenters. The van der Waals surface area contributed by atoms with Crippen molar-refractivity contribution in [2.24, 2.45) is 0 Å². The normalized spacial score (nSPS) is 12.0. The molecule has 0 heterocycles. The molecule has 4 heteroatoms. The third-order valence-corrected chi connectivity index (χ3v) is 10.1. The van der Waals surface area contributed by atoms with Crippen molar-refractivity contribution in [1.29, 1.82) is 0 Å². The molecule has 0 N–H and O–H groups in total. The van der Waals surface area contributed by atoms with Crippen molar-refractivity contribution in [2.75, 3.05) is 13.7 Å². The molecule has 4 nitrogen and oxygen atoms in total. The second kappa shape index (κ2) is 36.8. The molecule has 1 amide bonds. The lowest BCUT2D eigenvalue weighted by Crippen LogP contribution is -2.41. The van der Waals surface area contributed by atoms with Gasteiger partial charge < -0.3 is 9.64 Å². The Bertz CT molecular complexity index is 636. The lowest BCUT2D eigenvalue weighted by molar-refractivity contribution is -0.142. The van der Waals surface area contributed by atoms with Crippen LogP contribution in [0.1, 0.15) is 239 Å². The maximum atomic E-state index is 13.7. The zero-order valence-corrected chi connectivity index (χ0v) is 32.0. The van der Waals surface area contributed by atoms with Gasteiger partial charge in [-0.05, 0) is 19.3 Å². The number of carbonyl (C=O) groups is 2. The van der Waals surface area contributed by atoms with Gasteiger partial charge in [-0.3, -0.25) is 9.59 Å². The number of unbranched alkanes of at least 4 members (excludes halogenated alkanes) is 27. The molecule has 0 saturated carbocycles. The molecule has 1 unspecified atom stereocenters. The summed E-state index contributed by atoms with van der Waals surface area (Å²) in [7, 11) is 1.46. The van der Waals surface area contributed by atoms with Crippen molar-refractivity contribution in [3.05, 3.63) is 0 Å². The number of amides is 1. The van der Waals surface area contributed by atoms with Gasteiger partial charge in [0.2, 0.25) is 5.91 Å². The fourth-order valence-corrected chi connectivity index (χ4v) is 6.92. The minimum Gasteiger partial charge on any atom is -0.469 e. The summed E-state index contributed by atoms with van der Waals surface area (Å²) in [5.74, 6) is 0.0699. The predicted octanol–water partition coefficient (Wildman–Crippen LogP) is 13.7. The first-order valence-electron chi connectivity index (χ1n) is 21.0. The summed E-state index contributed by atoms with van der Waals surface area (Å²) < 4.78 is 4.98. The molecular weight excluding hydrogens is 566 g/mol. The second-order valence-corrected chi connectivity index (χ2v) is 14.4. The molecule has 0 bridgehead atoms. The van der Waals surface area contributed by atoms with Crippen molar-refractivity contribution < 1.29 is 14.3 Å². The van der Waals surface area contributed by atoms with E-state index in [-0.39, 0.29) is 17.9 Å². The van der Waals surface area contributed by atoms with Crippen LogP contribution in [0.15, 0.2) is 0 Å². The summed E-state index contributed by atoms with van der Waals surface area (Å²) in [4.78, 5) is 27.9. The summed E-state index contributed by atoms with van der Waals surface area (Å²) in [6.45, 7) is 7.36. The van der Waals surface area contributed by atoms with E-state index in [0.717, 1.165) is 25.7 Å². The number of hydrogen-bond donors (Lipinski definition) is 0. The van der Waals surface area contributed by atoms with Crippen LogP contribution in [0.2, 0.25) is 0 Å². The lowest BCUT2D eigenvalue weighted by Gasteiger charge is -2.32. The van der Waals surface area contributed by atoms with Crippen LogP contribution in [0, 0.1) is 0 Å². The smallest absolute Gasteiger partial charge is 0.307 e. The summed E-state index contributed by atoms with van der Waals surface area (Å²) >= 11 is 0. The van der Waals surface area contributed by atoms with E-state index in [9.17, 15) is 9.59 Å². The second-order valence-electron chi connectivity index (χ2n) is 14.4. The molecule has 0 rings (SSSR count). The summed E-state index contributed by atoms with van der Waals surface area (Å²) in [5, 5.41) is 0. The molecule has 0 aromatic rings. The molecule has 274 valence electrons. The average Bonchev–Trinajstić information content (AvgIpc) is 3.06. The Labute approximate surface area is 289 Å². The highest BCUT2D eigenvalue weighted by molar-refractivity contribution is 5.77. The van der Waals surface area contributed by atoms with Gasteiger partial charge in [0, 0.05) is 19.0 Å². The highest BCUT2D eigenvalue weighted by Gasteiger charge is 2.24. The summed E-state index contributed by atoms with van der Waals surface area (Å²) in [6.07, 6.45) is 42.6. The van der Waals surface area contributed by atoms with Crippen LogP contribution < -0.4 is 0 Å². The Morgan fingerprint density at radius 2 is 0.739 bits per heavy atom. The van der Waals surface area contributed by atoms with Gasteiger partial charge in [-0.15, -0.1) is 0 Å². The molecule has 0 spiro atoms. The Kier molecular flexibility index (Phi) is 35.9. The zero-order chi connectivity index (χ0) is 33.8. The SMILES string of the molecule is CCCCCCCCCCCCCC(=O)N(CCC(=O)OC)C(CCCCCCCCCC)CCCCCCCCCCCCC. The van der Waals surface area contributed by atoms with E-state index in [1.54, 1.807) is 0 Å². The predicted molar refractivity (Wildman–Crippen MR) is 202 cm³/mol. The largest absolute Gasteiger partial charge is 0.469 e. The van der Waals surface area contributed by atoms with Gasteiger partial charge in [0.25, 0.3) is 0 Å². The molecule has 0 aliphatic carbocycles. The fraction of sp³-hybridized carbons (Fsp3) is 0.952. The monoisotopic (exact) mass is 650 g/mol. The molecule has 0 aromatic heterocycles. The minimum absolute atomic E-state index is 0.201. The van der Waals surface area contributed by atoms with Crippen LogP contribution in [0.3, 0.4) is 0 Å². The number of esters is 1. The highest BCUT2D eigenvalue weighted by Crippen LogP contribution is 2.22. The van der Waals surface area contributed by atoms with E-state index in [4.69, 9.17) is 4.74 Å². The van der Waals surface area contributed by atoms with E-state index in [1.807, 2.05) is 0 Å². The van der Waals surface area contributed by atoms with Crippen molar-refractivity contribution >= 4 is 11.9 Å². The van der Waals surface area contributed by atoms with Gasteiger partial charge >= 0.3 is 5.97 Å². The molecule has 0 aliphatic rings. The maximum absolute atomic E-state index is 13.7. The van der Waals surface area contributed by atoms with Crippen LogP contribution in [-0.2, 0) is 14.3 Å². The average molecular weight is 650 g/mol. The van der Waals surface area contributed by atoms with Gasteiger partial charge in [0.15, 0.2) is 0 Å². The Morgan fingerprint density at radius 3 is 1.07 bits per heavy atom. The van der Waals surface area contributed by atoms with Gasteiger partial charge in [-0.25, -0.2) is 0 Å². The van der Waals surface area contributed by atoms with Crippen LogP contribution in [0.4, 0.5) is 0 Å². The van der Waals surface area contributed by atoms with E-state index in [0.29, 0.717) is 19.4 Å². The molecule has 0 aromatic carbocycles. The standard InChI is InChI=1S/C42H83NO3/c1-5-8-11-14-17-20-22-24-27-30-33-36-40(35-32-29-26-19-16-13-10-7-3)43(39-38-42(45)46-4)41(44)37-34-31-28-25-23-21-18-15-12-9-6-2/h40H,5-39H2,1-4H3. The third kappa shape index (κ3) is 30.3. The van der Waals surface area contributed by atoms with Crippen LogP contribution >= 0.6 is 0 Å². The maximum Gasteiger partial charge on any atom is 0.307 e. The van der Waals surface area contributed by atoms with Gasteiger partial charge in [-0.2, -0.15) is 0 Å². The highest BCUT2D eigenvalue weighted by atomic mass is 16.5. The summed E-state index contributed by atoms with van der Waals surface area (Å²) in [6, 6.07) is 0.267. The molecule has 46 heavy (non-hydrogen) atoms. The van der Waals surface area contributed by atoms with Crippen LogP contribution in [0.5, 0.6) is 0 Å². The van der Waals surface area contributed by atoms with E-state index < -0.39 is 0 Å². The zero-order valence-electron chi connectivity index (χ0n) is 32.0. The number of methoxy groups -OCH3 is 1. The summed E-state index contributed by atoms with van der Waals surface area (Å²) in [5.41, 5.74) is 0. The number of nitrogens with zero attached hydrogens (tertiary/aromatic N) is 1. The number of hydrogen-bond acceptors (Lipinski definition) is 3. The molecular formula is C42H83NO3. The van der Waals surface area contributed by atoms with Crippen LogP contribution in [0.25, 0.3) is 0 Å². The van der Waals surface area contributed by atoms with Gasteiger partial charge in [0.05, 0.1) is 13.5 Å². The van der Waals surface area contributed by atoms with Crippen molar-refractivity contribution in [3.63, 3.8) is 0 Å². The van der Waals surface area contributed by atoms with E-state index >= 15 is 0 Å². The molecule has 0 fully saturated rings. The fourth-order valence-electron chi connectivity index (χ4n) is 6.92. The van der Waals surface area contributed by atoms with Gasteiger partial charge in [-0.1, -0.05) is 207 Å². The van der Waals surface area contributed by atoms with E-state index in [2.05, 4.69) is 25.7 Å². The number of rotatable bonds is 37. The van der Waals surface area contributed by atoms with Crippen molar-refractivity contribution in [1.82, 2.24) is 4.90 Å². The molecule has 0 aliphatic heterocycles. The number of carbonyl (C=O) groups excluding carboxylic acids is 2. The quantitative estimate of drug-likeness (QED) is 0.0497. The molecule has 0 radical (unpaired) electrons. The van der Waals surface area contributed by atoms with Crippen LogP contribution in [-0.4, -0.2) is 36.5 Å². The first-order chi connectivity index (χ1) is 22.6. The van der Waals surface area contributed by atoms with Crippen molar-refractivity contribution in [2.45, 2.75) is 245 Å². The first-order valence-corrected chi connectivity index (χ1v) is 21.0. The van der Waals surface area contributed by atoms with Gasteiger partial charge in [0.1, 0.15) is 0 Å². The van der Waals surface area contributed by atoms with Crippen molar-refractivity contribution in [3.8, 4) is 0 Å². The van der Waals surface area contributed by atoms with E-state index in [1.165, 1.54) is 187 Å².